The van der Waals surface area contributed by atoms with Crippen molar-refractivity contribution >= 4 is 26.8 Å². The second kappa shape index (κ2) is 8.15. The second-order valence-electron chi connectivity index (χ2n) is 8.49. The van der Waals surface area contributed by atoms with Gasteiger partial charge in [-0.15, -0.1) is 0 Å². The first-order valence-electron chi connectivity index (χ1n) is 10.8. The minimum Gasteiger partial charge on any atom is -0.463 e. The molecule has 1 aliphatic rings. The number of amides is 1. The molecule has 0 bridgehead atoms. The van der Waals surface area contributed by atoms with Crippen LogP contribution in [-0.4, -0.2) is 40.6 Å². The van der Waals surface area contributed by atoms with E-state index < -0.39 is 9.84 Å². The minimum atomic E-state index is -3.11. The average molecular weight is 465 g/mol. The predicted octanol–water partition coefficient (Wildman–Crippen LogP) is 3.60. The fourth-order valence-electron chi connectivity index (χ4n) is 4.25. The molecule has 0 radical (unpaired) electrons. The smallest absolute Gasteiger partial charge is 0.252 e. The van der Waals surface area contributed by atoms with Gasteiger partial charge in [-0.05, 0) is 44.0 Å². The third-order valence-electron chi connectivity index (χ3n) is 5.98. The van der Waals surface area contributed by atoms with Gasteiger partial charge in [0.1, 0.15) is 5.69 Å². The van der Waals surface area contributed by atoms with Crippen molar-refractivity contribution in [2.45, 2.75) is 32.9 Å². The van der Waals surface area contributed by atoms with E-state index >= 15 is 0 Å². The van der Waals surface area contributed by atoms with Crippen LogP contribution in [0.1, 0.15) is 39.6 Å². The molecule has 1 fully saturated rings. The largest absolute Gasteiger partial charge is 0.463 e. The van der Waals surface area contributed by atoms with E-state index in [9.17, 15) is 13.2 Å². The molecule has 33 heavy (non-hydrogen) atoms. The van der Waals surface area contributed by atoms with E-state index in [0.717, 1.165) is 11.1 Å². The maximum Gasteiger partial charge on any atom is 0.252 e. The van der Waals surface area contributed by atoms with E-state index in [0.29, 0.717) is 46.7 Å². The molecular formula is C24H24N4O4S. The van der Waals surface area contributed by atoms with Crippen molar-refractivity contribution in [1.29, 1.82) is 0 Å². The van der Waals surface area contributed by atoms with E-state index in [-0.39, 0.29) is 23.5 Å². The van der Waals surface area contributed by atoms with Crippen LogP contribution in [0, 0.1) is 13.8 Å². The first-order chi connectivity index (χ1) is 15.8. The summed E-state index contributed by atoms with van der Waals surface area (Å²) < 4.78 is 31.4. The lowest BCUT2D eigenvalue weighted by atomic mass is 10.1. The number of furan rings is 1. The number of pyridine rings is 1. The van der Waals surface area contributed by atoms with Crippen molar-refractivity contribution in [1.82, 2.24) is 20.1 Å². The number of rotatable bonds is 5. The van der Waals surface area contributed by atoms with Crippen LogP contribution in [0.3, 0.4) is 0 Å². The van der Waals surface area contributed by atoms with Gasteiger partial charge in [0.25, 0.3) is 5.91 Å². The molecule has 1 N–H and O–H groups in total. The Bertz CT molecular complexity index is 1440. The lowest BCUT2D eigenvalue weighted by Crippen LogP contribution is -2.23. The Morgan fingerprint density at radius 1 is 1.21 bits per heavy atom. The average Bonchev–Trinajstić information content (AvgIpc) is 3.52. The number of hydrogen-bond donors (Lipinski definition) is 1. The lowest BCUT2D eigenvalue weighted by Gasteiger charge is -2.12. The number of aryl methyl sites for hydroxylation is 2. The molecule has 5 rings (SSSR count). The zero-order valence-electron chi connectivity index (χ0n) is 18.4. The number of sulfone groups is 1. The Hall–Kier alpha value is -3.46. The Morgan fingerprint density at radius 3 is 2.67 bits per heavy atom. The van der Waals surface area contributed by atoms with Crippen molar-refractivity contribution in [2.24, 2.45) is 0 Å². The van der Waals surface area contributed by atoms with E-state index in [1.807, 2.05) is 38.1 Å². The number of carbonyl (C=O) groups is 1. The summed E-state index contributed by atoms with van der Waals surface area (Å²) in [4.78, 5) is 18.0. The van der Waals surface area contributed by atoms with Gasteiger partial charge in [-0.25, -0.2) is 18.1 Å². The Kier molecular flexibility index (Phi) is 5.28. The summed E-state index contributed by atoms with van der Waals surface area (Å²) in [6.45, 7) is 4.21. The number of carbonyl (C=O) groups excluding carboxylic acids is 1. The highest BCUT2D eigenvalue weighted by atomic mass is 32.2. The molecule has 0 aliphatic carbocycles. The summed E-state index contributed by atoms with van der Waals surface area (Å²) >= 11 is 0. The standard InChI is InChI=1S/C24H24N4O4S/c1-15-5-7-17(8-6-15)13-25-24(29)19-12-20(21-4-3-10-32-21)26-23-22(19)16(2)27-28(23)18-9-11-33(30,31)14-18/h3-8,10,12,18H,9,11,13-14H2,1-2H3,(H,25,29). The van der Waals surface area contributed by atoms with E-state index in [1.54, 1.807) is 29.1 Å². The van der Waals surface area contributed by atoms with Gasteiger partial charge in [-0.2, -0.15) is 5.10 Å². The van der Waals surface area contributed by atoms with Gasteiger partial charge < -0.3 is 9.73 Å². The fraction of sp³-hybridized carbons (Fsp3) is 0.292. The quantitative estimate of drug-likeness (QED) is 0.484. The Morgan fingerprint density at radius 2 is 2.00 bits per heavy atom. The Balaban J connectivity index is 1.58. The van der Waals surface area contributed by atoms with Gasteiger partial charge in [0.2, 0.25) is 0 Å². The van der Waals surface area contributed by atoms with Crippen molar-refractivity contribution < 1.29 is 17.6 Å². The Labute approximate surface area is 191 Å². The van der Waals surface area contributed by atoms with Crippen molar-refractivity contribution in [3.05, 3.63) is 71.1 Å². The first-order valence-corrected chi connectivity index (χ1v) is 12.6. The summed E-state index contributed by atoms with van der Waals surface area (Å²) in [6, 6.07) is 12.9. The lowest BCUT2D eigenvalue weighted by molar-refractivity contribution is 0.0952. The molecule has 1 atom stereocenters. The molecule has 0 spiro atoms. The molecule has 9 heteroatoms. The van der Waals surface area contributed by atoms with Crippen LogP contribution in [0.25, 0.3) is 22.5 Å². The molecule has 4 aromatic rings. The summed E-state index contributed by atoms with van der Waals surface area (Å²) in [6.07, 6.45) is 2.02. The number of hydrogen-bond acceptors (Lipinski definition) is 6. The summed E-state index contributed by atoms with van der Waals surface area (Å²) in [7, 11) is -3.11. The second-order valence-corrected chi connectivity index (χ2v) is 10.7. The van der Waals surface area contributed by atoms with Crippen LogP contribution in [0.4, 0.5) is 0 Å². The zero-order chi connectivity index (χ0) is 23.2. The van der Waals surface area contributed by atoms with Gasteiger partial charge in [0.15, 0.2) is 21.2 Å². The summed E-state index contributed by atoms with van der Waals surface area (Å²) in [5, 5.41) is 8.22. The topological polar surface area (TPSA) is 107 Å². The molecular weight excluding hydrogens is 440 g/mol. The molecule has 170 valence electrons. The molecule has 0 saturated carbocycles. The van der Waals surface area contributed by atoms with Crippen LogP contribution >= 0.6 is 0 Å². The molecule has 1 aliphatic heterocycles. The molecule has 3 aromatic heterocycles. The van der Waals surface area contributed by atoms with Gasteiger partial charge >= 0.3 is 0 Å². The number of fused-ring (bicyclic) bond motifs is 1. The number of nitrogens with zero attached hydrogens (tertiary/aromatic N) is 3. The molecule has 8 nitrogen and oxygen atoms in total. The van der Waals surface area contributed by atoms with Crippen molar-refractivity contribution in [3.63, 3.8) is 0 Å². The third-order valence-corrected chi connectivity index (χ3v) is 7.73. The molecule has 1 saturated heterocycles. The number of benzene rings is 1. The van der Waals surface area contributed by atoms with Crippen molar-refractivity contribution in [3.8, 4) is 11.5 Å². The van der Waals surface area contributed by atoms with Crippen molar-refractivity contribution in [2.75, 3.05) is 11.5 Å². The molecule has 4 heterocycles. The maximum absolute atomic E-state index is 13.3. The number of aromatic nitrogens is 3. The maximum atomic E-state index is 13.3. The van der Waals surface area contributed by atoms with Gasteiger partial charge in [-0.1, -0.05) is 29.8 Å². The van der Waals surface area contributed by atoms with Gasteiger partial charge in [0.05, 0.1) is 40.5 Å². The van der Waals surface area contributed by atoms with Crippen LogP contribution in [-0.2, 0) is 16.4 Å². The van der Waals surface area contributed by atoms with Crippen LogP contribution in [0.2, 0.25) is 0 Å². The third kappa shape index (κ3) is 4.16. The highest BCUT2D eigenvalue weighted by molar-refractivity contribution is 7.91. The van der Waals surface area contributed by atoms with E-state index in [2.05, 4.69) is 10.4 Å². The predicted molar refractivity (Wildman–Crippen MR) is 125 cm³/mol. The molecule has 1 unspecified atom stereocenters. The zero-order valence-corrected chi connectivity index (χ0v) is 19.2. The highest BCUT2D eigenvalue weighted by Crippen LogP contribution is 2.32. The minimum absolute atomic E-state index is 0.0187. The van der Waals surface area contributed by atoms with Crippen LogP contribution < -0.4 is 5.32 Å². The first kappa shape index (κ1) is 21.4. The normalized spacial score (nSPS) is 17.5. The fourth-order valence-corrected chi connectivity index (χ4v) is 5.94. The van der Waals surface area contributed by atoms with Gasteiger partial charge in [0, 0.05) is 6.54 Å². The van der Waals surface area contributed by atoms with Crippen LogP contribution in [0.15, 0.2) is 53.1 Å². The molecule has 1 amide bonds. The SMILES string of the molecule is Cc1ccc(CNC(=O)c2cc(-c3ccco3)nc3c2c(C)nn3C2CCS(=O)(=O)C2)cc1. The van der Waals surface area contributed by atoms with E-state index in [1.165, 1.54) is 0 Å². The monoisotopic (exact) mass is 464 g/mol. The van der Waals surface area contributed by atoms with Crippen LogP contribution in [0.5, 0.6) is 0 Å². The molecule has 1 aromatic carbocycles. The highest BCUT2D eigenvalue weighted by Gasteiger charge is 2.32. The summed E-state index contributed by atoms with van der Waals surface area (Å²) in [5.41, 5.74) is 4.20. The summed E-state index contributed by atoms with van der Waals surface area (Å²) in [5.74, 6) is 0.413. The van der Waals surface area contributed by atoms with E-state index in [4.69, 9.17) is 9.40 Å². The van der Waals surface area contributed by atoms with Gasteiger partial charge in [-0.3, -0.25) is 4.79 Å². The number of nitrogens with one attached hydrogen (secondary N) is 1.